The number of ether oxygens (including phenoxy) is 4. The average Bonchev–Trinajstić information content (AvgIpc) is 3.46. The SMILES string of the molecule is CO[C@@H](C)c1ncccc1-c1c2c3cc(ccc3n1CCOC1COC1)-c1csc(n1)C[C@H](NC(=O)C1[C@@H](C)[C@H]1C)C(=O)N1CCC[C@H](N1)C(=O)OCC(C)(C)C2. The summed E-state index contributed by atoms with van der Waals surface area (Å²) in [7, 11) is 1.69. The molecular formula is C43H54N6O7S. The van der Waals surface area contributed by atoms with Gasteiger partial charge in [0.15, 0.2) is 0 Å². The van der Waals surface area contributed by atoms with Gasteiger partial charge in [0, 0.05) is 71.6 Å². The van der Waals surface area contributed by atoms with Crippen molar-refractivity contribution in [2.75, 3.05) is 40.1 Å². The molecule has 6 atom stereocenters. The summed E-state index contributed by atoms with van der Waals surface area (Å²) in [6.45, 7) is 13.2. The Morgan fingerprint density at radius 1 is 1.18 bits per heavy atom. The third-order valence-electron chi connectivity index (χ3n) is 12.2. The molecule has 304 valence electrons. The van der Waals surface area contributed by atoms with Gasteiger partial charge in [0.05, 0.1) is 54.6 Å². The number of fused-ring (bicyclic) bond motifs is 6. The maximum absolute atomic E-state index is 14.2. The Hall–Kier alpha value is -4.21. The molecule has 0 radical (unpaired) electrons. The Labute approximate surface area is 337 Å². The van der Waals surface area contributed by atoms with Crippen molar-refractivity contribution in [2.45, 2.75) is 91.1 Å². The molecule has 8 rings (SSSR count). The number of carbonyl (C=O) groups excluding carboxylic acids is 3. The maximum Gasteiger partial charge on any atom is 0.324 e. The summed E-state index contributed by atoms with van der Waals surface area (Å²) in [5.74, 6) is -0.422. The fourth-order valence-electron chi connectivity index (χ4n) is 8.50. The second-order valence-electron chi connectivity index (χ2n) is 17.0. The molecule has 6 heterocycles. The zero-order chi connectivity index (χ0) is 40.0. The van der Waals surface area contributed by atoms with Crippen LogP contribution in [0.4, 0.5) is 0 Å². The molecule has 4 aromatic rings. The zero-order valence-electron chi connectivity index (χ0n) is 33.7. The van der Waals surface area contributed by atoms with Crippen molar-refractivity contribution < 1.29 is 33.3 Å². The minimum absolute atomic E-state index is 0.0853. The van der Waals surface area contributed by atoms with E-state index < -0.39 is 23.5 Å². The number of cyclic esters (lactones) is 1. The number of hydrogen-bond acceptors (Lipinski definition) is 11. The van der Waals surface area contributed by atoms with Gasteiger partial charge in [0.2, 0.25) is 5.91 Å². The lowest BCUT2D eigenvalue weighted by Gasteiger charge is -2.35. The first kappa shape index (κ1) is 39.6. The lowest BCUT2D eigenvalue weighted by molar-refractivity contribution is -0.155. The Morgan fingerprint density at radius 3 is 2.72 bits per heavy atom. The van der Waals surface area contributed by atoms with E-state index in [1.165, 1.54) is 16.3 Å². The van der Waals surface area contributed by atoms with Crippen molar-refractivity contribution in [1.29, 1.82) is 0 Å². The van der Waals surface area contributed by atoms with Crippen LogP contribution in [0.2, 0.25) is 0 Å². The number of rotatable bonds is 9. The van der Waals surface area contributed by atoms with Crippen LogP contribution in [0.3, 0.4) is 0 Å². The maximum atomic E-state index is 14.2. The molecule has 13 nitrogen and oxygen atoms in total. The van der Waals surface area contributed by atoms with Crippen molar-refractivity contribution >= 4 is 40.0 Å². The number of pyridine rings is 1. The Morgan fingerprint density at radius 2 is 1.98 bits per heavy atom. The molecule has 1 aliphatic carbocycles. The van der Waals surface area contributed by atoms with Crippen LogP contribution in [0.5, 0.6) is 0 Å². The van der Waals surface area contributed by atoms with E-state index in [9.17, 15) is 14.4 Å². The summed E-state index contributed by atoms with van der Waals surface area (Å²) >= 11 is 1.48. The van der Waals surface area contributed by atoms with Crippen molar-refractivity contribution in [3.05, 3.63) is 58.2 Å². The standard InChI is InChI=1S/C43H54N6O7S/c1-24-25(2)37(24)40(50)46-33-18-36-45-34(22-57-36)27-11-12-35-30(17-27)31(19-43(4,5)23-56-42(52)32-10-8-14-49(47-32)41(33)51)39(48(35)15-16-55-28-20-54-21-28)29-9-7-13-44-38(29)26(3)53-6/h7,9,11-13,17,22,24-26,28,32-33,37,47H,8,10,14-16,18-21,23H2,1-6H3,(H,46,50)/t24-,25+,26-,32-,33-,37?/m0/s1. The first-order valence-electron chi connectivity index (χ1n) is 20.2. The van der Waals surface area contributed by atoms with Crippen molar-refractivity contribution in [3.63, 3.8) is 0 Å². The molecule has 2 saturated heterocycles. The smallest absolute Gasteiger partial charge is 0.324 e. The number of amides is 2. The number of nitrogens with one attached hydrogen (secondary N) is 2. The fraction of sp³-hybridized carbons (Fsp3) is 0.558. The summed E-state index contributed by atoms with van der Waals surface area (Å²) < 4.78 is 25.9. The zero-order valence-corrected chi connectivity index (χ0v) is 34.5. The molecular weight excluding hydrogens is 745 g/mol. The second kappa shape index (κ2) is 16.2. The normalized spacial score (nSPS) is 25.7. The molecule has 6 bridgehead atoms. The molecule has 1 unspecified atom stereocenters. The summed E-state index contributed by atoms with van der Waals surface area (Å²) in [6.07, 6.45) is 3.59. The summed E-state index contributed by atoms with van der Waals surface area (Å²) in [4.78, 5) is 51.3. The van der Waals surface area contributed by atoms with Crippen LogP contribution < -0.4 is 10.7 Å². The highest BCUT2D eigenvalue weighted by Gasteiger charge is 2.49. The number of thiazole rings is 1. The van der Waals surface area contributed by atoms with E-state index in [1.807, 2.05) is 18.4 Å². The number of nitrogens with zero attached hydrogens (tertiary/aromatic N) is 4. The first-order valence-corrected chi connectivity index (χ1v) is 21.1. The molecule has 0 spiro atoms. The lowest BCUT2D eigenvalue weighted by Crippen LogP contribution is -2.60. The van der Waals surface area contributed by atoms with Crippen LogP contribution in [-0.2, 0) is 52.7 Å². The van der Waals surface area contributed by atoms with Gasteiger partial charge in [-0.15, -0.1) is 11.3 Å². The minimum atomic E-state index is -0.848. The first-order chi connectivity index (χ1) is 27.4. The monoisotopic (exact) mass is 798 g/mol. The van der Waals surface area contributed by atoms with Crippen LogP contribution in [0, 0.1) is 23.2 Å². The second-order valence-corrected chi connectivity index (χ2v) is 17.9. The third-order valence-corrected chi connectivity index (χ3v) is 13.1. The number of hydrazine groups is 1. The highest BCUT2D eigenvalue weighted by atomic mass is 32.1. The number of esters is 1. The van der Waals surface area contributed by atoms with Crippen LogP contribution in [0.15, 0.2) is 41.9 Å². The molecule has 1 aromatic carbocycles. The number of benzene rings is 1. The van der Waals surface area contributed by atoms with E-state index in [-0.39, 0.29) is 54.8 Å². The van der Waals surface area contributed by atoms with Crippen LogP contribution in [-0.4, -0.2) is 95.6 Å². The van der Waals surface area contributed by atoms with Gasteiger partial charge in [0.25, 0.3) is 5.91 Å². The topological polar surface area (TPSA) is 146 Å². The van der Waals surface area contributed by atoms with Crippen LogP contribution in [0.25, 0.3) is 33.4 Å². The van der Waals surface area contributed by atoms with Gasteiger partial charge < -0.3 is 28.8 Å². The van der Waals surface area contributed by atoms with Crippen molar-refractivity contribution in [3.8, 4) is 22.5 Å². The average molecular weight is 799 g/mol. The van der Waals surface area contributed by atoms with Gasteiger partial charge in [-0.05, 0) is 67.9 Å². The van der Waals surface area contributed by atoms with Crippen LogP contribution in [0.1, 0.15) is 69.8 Å². The van der Waals surface area contributed by atoms with Gasteiger partial charge in [0.1, 0.15) is 18.2 Å². The van der Waals surface area contributed by atoms with Gasteiger partial charge in [-0.3, -0.25) is 24.4 Å². The molecule has 3 aromatic heterocycles. The van der Waals surface area contributed by atoms with E-state index in [0.29, 0.717) is 52.2 Å². The van der Waals surface area contributed by atoms with Gasteiger partial charge in [-0.2, -0.15) is 0 Å². The van der Waals surface area contributed by atoms with E-state index >= 15 is 0 Å². The molecule has 14 heteroatoms. The number of methoxy groups -OCH3 is 1. The van der Waals surface area contributed by atoms with E-state index in [1.54, 1.807) is 13.3 Å². The molecule has 1 saturated carbocycles. The summed E-state index contributed by atoms with van der Waals surface area (Å²) in [6, 6.07) is 8.96. The van der Waals surface area contributed by atoms with E-state index in [2.05, 4.69) is 67.3 Å². The summed E-state index contributed by atoms with van der Waals surface area (Å²) in [5, 5.41) is 8.38. The number of carbonyl (C=O) groups is 3. The highest BCUT2D eigenvalue weighted by molar-refractivity contribution is 7.10. The fourth-order valence-corrected chi connectivity index (χ4v) is 9.35. The van der Waals surface area contributed by atoms with E-state index in [0.717, 1.165) is 49.7 Å². The quantitative estimate of drug-likeness (QED) is 0.208. The van der Waals surface area contributed by atoms with E-state index in [4.69, 9.17) is 28.9 Å². The molecule has 2 N–H and O–H groups in total. The lowest BCUT2D eigenvalue weighted by atomic mass is 9.84. The Kier molecular flexibility index (Phi) is 11.3. The molecule has 4 aliphatic rings. The van der Waals surface area contributed by atoms with Gasteiger partial charge >= 0.3 is 5.97 Å². The molecule has 3 aliphatic heterocycles. The third kappa shape index (κ3) is 8.11. The van der Waals surface area contributed by atoms with Crippen LogP contribution >= 0.6 is 11.3 Å². The Balaban J connectivity index is 1.24. The molecule has 3 fully saturated rings. The predicted molar refractivity (Wildman–Crippen MR) is 216 cm³/mol. The van der Waals surface area contributed by atoms with Crippen molar-refractivity contribution in [1.82, 2.24) is 30.3 Å². The van der Waals surface area contributed by atoms with Gasteiger partial charge in [-0.25, -0.2) is 10.4 Å². The van der Waals surface area contributed by atoms with Gasteiger partial charge in [-0.1, -0.05) is 33.8 Å². The number of hydrogen-bond donors (Lipinski definition) is 2. The number of aromatic nitrogens is 3. The summed E-state index contributed by atoms with van der Waals surface area (Å²) in [5.41, 5.74) is 9.37. The Bertz CT molecular complexity index is 2140. The minimum Gasteiger partial charge on any atom is -0.464 e. The largest absolute Gasteiger partial charge is 0.464 e. The predicted octanol–water partition coefficient (Wildman–Crippen LogP) is 5.50. The highest BCUT2D eigenvalue weighted by Crippen LogP contribution is 2.46. The molecule has 57 heavy (non-hydrogen) atoms. The van der Waals surface area contributed by atoms with Crippen molar-refractivity contribution in [2.24, 2.45) is 23.2 Å². The molecule has 2 amide bonds.